The van der Waals surface area contributed by atoms with E-state index in [0.29, 0.717) is 0 Å². The lowest BCUT2D eigenvalue weighted by atomic mass is 10.1. The summed E-state index contributed by atoms with van der Waals surface area (Å²) < 4.78 is 24.9. The molecule has 7 heteroatoms. The Bertz CT molecular complexity index is 384. The van der Waals surface area contributed by atoms with Crippen LogP contribution in [0, 0.1) is 0 Å². The quantitative estimate of drug-likeness (QED) is 0.804. The molecule has 0 aliphatic carbocycles. The highest BCUT2D eigenvalue weighted by atomic mass is 79.9. The minimum absolute atomic E-state index is 0.108. The lowest BCUT2D eigenvalue weighted by molar-refractivity contribution is 0.0677. The molecule has 0 amide bonds. The first-order valence-corrected chi connectivity index (χ1v) is 4.20. The van der Waals surface area contributed by atoms with Gasteiger partial charge in [-0.25, -0.2) is 18.6 Å². The second-order valence-electron chi connectivity index (χ2n) is 2.40. The summed E-state index contributed by atoms with van der Waals surface area (Å²) in [6, 6.07) is 1.13. The molecule has 0 atom stereocenters. The van der Waals surface area contributed by atoms with E-state index in [1.807, 2.05) is 0 Å². The highest BCUT2D eigenvalue weighted by Gasteiger charge is 2.23. The van der Waals surface area contributed by atoms with E-state index < -0.39 is 23.7 Å². The summed E-state index contributed by atoms with van der Waals surface area (Å²) in [7, 11) is 0. The Hall–Kier alpha value is -1.24. The van der Waals surface area contributed by atoms with Gasteiger partial charge >= 0.3 is 5.97 Å². The number of pyridine rings is 1. The summed E-state index contributed by atoms with van der Waals surface area (Å²) in [5.41, 5.74) is 3.48. The van der Waals surface area contributed by atoms with Gasteiger partial charge in [0.2, 0.25) is 0 Å². The molecule has 76 valence electrons. The molecule has 0 aromatic carbocycles. The molecule has 14 heavy (non-hydrogen) atoms. The average molecular weight is 267 g/mol. The minimum Gasteiger partial charge on any atom is -0.476 e. The number of aromatic nitrogens is 1. The van der Waals surface area contributed by atoms with Gasteiger partial charge in [-0.15, -0.1) is 0 Å². The van der Waals surface area contributed by atoms with Crippen LogP contribution in [-0.4, -0.2) is 16.1 Å². The standard InChI is InChI=1S/C7H5BrF2N2O2/c8-3-1-2(11)4(6(9)10)5(12-3)7(13)14/h1,6H,(H2,11,12)(H,13,14). The van der Waals surface area contributed by atoms with Crippen LogP contribution in [0.5, 0.6) is 0 Å². The molecule has 4 nitrogen and oxygen atoms in total. The molecule has 0 saturated heterocycles. The number of hydrogen-bond donors (Lipinski definition) is 2. The van der Waals surface area contributed by atoms with E-state index in [0.717, 1.165) is 6.07 Å². The summed E-state index contributed by atoms with van der Waals surface area (Å²) in [4.78, 5) is 14.0. The predicted molar refractivity (Wildman–Crippen MR) is 48.3 cm³/mol. The van der Waals surface area contributed by atoms with Crippen molar-refractivity contribution in [1.29, 1.82) is 0 Å². The van der Waals surface area contributed by atoms with Crippen LogP contribution in [-0.2, 0) is 0 Å². The van der Waals surface area contributed by atoms with Crippen molar-refractivity contribution in [3.05, 3.63) is 21.9 Å². The lowest BCUT2D eigenvalue weighted by Gasteiger charge is -2.07. The smallest absolute Gasteiger partial charge is 0.355 e. The molecule has 0 unspecified atom stereocenters. The molecule has 0 aliphatic rings. The van der Waals surface area contributed by atoms with Gasteiger partial charge in [-0.3, -0.25) is 0 Å². The third kappa shape index (κ3) is 1.98. The summed E-state index contributed by atoms with van der Waals surface area (Å²) in [5, 5.41) is 8.59. The molecule has 1 aromatic rings. The maximum atomic E-state index is 12.4. The predicted octanol–water partition coefficient (Wildman–Crippen LogP) is 2.06. The molecule has 0 radical (unpaired) electrons. The van der Waals surface area contributed by atoms with Crippen molar-refractivity contribution in [1.82, 2.24) is 4.98 Å². The highest BCUT2D eigenvalue weighted by Crippen LogP contribution is 2.29. The van der Waals surface area contributed by atoms with Crippen LogP contribution in [0.25, 0.3) is 0 Å². The van der Waals surface area contributed by atoms with E-state index in [4.69, 9.17) is 10.8 Å². The molecule has 0 aliphatic heterocycles. The van der Waals surface area contributed by atoms with Crippen LogP contribution in [0.3, 0.4) is 0 Å². The molecule has 0 saturated carbocycles. The van der Waals surface area contributed by atoms with E-state index >= 15 is 0 Å². The fourth-order valence-electron chi connectivity index (χ4n) is 0.934. The number of hydrogen-bond acceptors (Lipinski definition) is 3. The third-order valence-electron chi connectivity index (χ3n) is 1.48. The molecular weight excluding hydrogens is 262 g/mol. The van der Waals surface area contributed by atoms with Crippen LogP contribution in [0.4, 0.5) is 14.5 Å². The molecule has 1 heterocycles. The number of aromatic carboxylic acids is 1. The van der Waals surface area contributed by atoms with Gasteiger partial charge < -0.3 is 10.8 Å². The highest BCUT2D eigenvalue weighted by molar-refractivity contribution is 9.10. The molecular formula is C7H5BrF2N2O2. The zero-order chi connectivity index (χ0) is 10.9. The van der Waals surface area contributed by atoms with Gasteiger partial charge in [0.25, 0.3) is 6.43 Å². The minimum atomic E-state index is -2.96. The molecule has 0 spiro atoms. The van der Waals surface area contributed by atoms with Gasteiger partial charge in [0.15, 0.2) is 5.69 Å². The zero-order valence-corrected chi connectivity index (χ0v) is 8.25. The van der Waals surface area contributed by atoms with Gasteiger partial charge in [0.1, 0.15) is 4.60 Å². The average Bonchev–Trinajstić information content (AvgIpc) is 2.01. The van der Waals surface area contributed by atoms with E-state index in [1.54, 1.807) is 0 Å². The zero-order valence-electron chi connectivity index (χ0n) is 6.67. The van der Waals surface area contributed by atoms with Crippen LogP contribution in [0.2, 0.25) is 0 Å². The van der Waals surface area contributed by atoms with Crippen LogP contribution in [0.1, 0.15) is 22.5 Å². The van der Waals surface area contributed by atoms with Crippen molar-refractivity contribution in [3.63, 3.8) is 0 Å². The number of carboxylic acids is 1. The molecule has 0 bridgehead atoms. The van der Waals surface area contributed by atoms with Crippen LogP contribution >= 0.6 is 15.9 Å². The Labute approximate surface area is 85.9 Å². The van der Waals surface area contributed by atoms with Crippen molar-refractivity contribution in [2.75, 3.05) is 5.73 Å². The molecule has 0 fully saturated rings. The summed E-state index contributed by atoms with van der Waals surface area (Å²) >= 11 is 2.87. The first kappa shape index (κ1) is 10.8. The monoisotopic (exact) mass is 266 g/mol. The SMILES string of the molecule is Nc1cc(Br)nc(C(=O)O)c1C(F)F. The van der Waals surface area contributed by atoms with E-state index in [1.165, 1.54) is 0 Å². The van der Waals surface area contributed by atoms with Crippen LogP contribution < -0.4 is 5.73 Å². The fraction of sp³-hybridized carbons (Fsp3) is 0.143. The summed E-state index contributed by atoms with van der Waals surface area (Å²) in [5.74, 6) is -1.53. The first-order valence-electron chi connectivity index (χ1n) is 3.41. The summed E-state index contributed by atoms with van der Waals surface area (Å²) in [6.07, 6.45) is -2.96. The number of carboxylic acid groups (broad SMARTS) is 1. The third-order valence-corrected chi connectivity index (χ3v) is 1.89. The summed E-state index contributed by atoms with van der Waals surface area (Å²) in [6.45, 7) is 0. The molecule has 3 N–H and O–H groups in total. The largest absolute Gasteiger partial charge is 0.476 e. The second-order valence-corrected chi connectivity index (χ2v) is 3.21. The lowest BCUT2D eigenvalue weighted by Crippen LogP contribution is -2.09. The topological polar surface area (TPSA) is 76.2 Å². The van der Waals surface area contributed by atoms with Crippen LogP contribution in [0.15, 0.2) is 10.7 Å². The number of anilines is 1. The Morgan fingerprint density at radius 1 is 1.64 bits per heavy atom. The molecule has 1 aromatic heterocycles. The van der Waals surface area contributed by atoms with E-state index in [9.17, 15) is 13.6 Å². The maximum absolute atomic E-state index is 12.4. The number of halogens is 3. The van der Waals surface area contributed by atoms with Crippen molar-refractivity contribution in [3.8, 4) is 0 Å². The number of nitrogens with two attached hydrogens (primary N) is 1. The second kappa shape index (κ2) is 3.87. The van der Waals surface area contributed by atoms with Gasteiger partial charge in [0, 0.05) is 5.69 Å². The van der Waals surface area contributed by atoms with Crippen molar-refractivity contribution < 1.29 is 18.7 Å². The Morgan fingerprint density at radius 3 is 2.64 bits per heavy atom. The number of nitrogen functional groups attached to an aromatic ring is 1. The van der Waals surface area contributed by atoms with Gasteiger partial charge in [-0.05, 0) is 22.0 Å². The Morgan fingerprint density at radius 2 is 2.21 bits per heavy atom. The molecule has 1 rings (SSSR count). The number of alkyl halides is 2. The van der Waals surface area contributed by atoms with Gasteiger partial charge in [-0.1, -0.05) is 0 Å². The first-order chi connectivity index (χ1) is 6.43. The van der Waals surface area contributed by atoms with Gasteiger partial charge in [0.05, 0.1) is 5.56 Å². The Balaban J connectivity index is 3.44. The van der Waals surface area contributed by atoms with Gasteiger partial charge in [-0.2, -0.15) is 0 Å². The normalized spacial score (nSPS) is 10.6. The number of nitrogens with zero attached hydrogens (tertiary/aromatic N) is 1. The van der Waals surface area contributed by atoms with Crippen molar-refractivity contribution >= 4 is 27.6 Å². The van der Waals surface area contributed by atoms with E-state index in [-0.39, 0.29) is 10.3 Å². The number of carbonyl (C=O) groups is 1. The Kier molecular flexibility index (Phi) is 3.00. The fourth-order valence-corrected chi connectivity index (χ4v) is 1.36. The number of rotatable bonds is 2. The van der Waals surface area contributed by atoms with Crippen molar-refractivity contribution in [2.24, 2.45) is 0 Å². The van der Waals surface area contributed by atoms with E-state index in [2.05, 4.69) is 20.9 Å². The van der Waals surface area contributed by atoms with Crippen molar-refractivity contribution in [2.45, 2.75) is 6.43 Å². The maximum Gasteiger partial charge on any atom is 0.355 e.